The van der Waals surface area contributed by atoms with Crippen molar-refractivity contribution in [3.63, 3.8) is 0 Å². The van der Waals surface area contributed by atoms with Gasteiger partial charge in [-0.1, -0.05) is 27.5 Å². The fourth-order valence-electron chi connectivity index (χ4n) is 0.392. The first kappa shape index (κ1) is 11.9. The molecule has 4 nitrogen and oxygen atoms in total. The number of phosphoric ester groups is 1. The van der Waals surface area contributed by atoms with E-state index >= 15 is 0 Å². The molecule has 0 fully saturated rings. The summed E-state index contributed by atoms with van der Waals surface area (Å²) in [5, 5.41) is -0.547. The third kappa shape index (κ3) is 7.25. The average Bonchev–Trinajstić information content (AvgIpc) is 1.53. The van der Waals surface area contributed by atoms with Crippen LogP contribution in [0.3, 0.4) is 0 Å². The molecule has 3 atom stereocenters. The van der Waals surface area contributed by atoms with Crippen LogP contribution in [0.15, 0.2) is 0 Å². The Morgan fingerprint density at radius 2 is 2.00 bits per heavy atom. The highest BCUT2D eigenvalue weighted by molar-refractivity contribution is 9.09. The first-order valence-electron chi connectivity index (χ1n) is 2.81. The van der Waals surface area contributed by atoms with Gasteiger partial charge < -0.3 is 4.89 Å². The van der Waals surface area contributed by atoms with Crippen molar-refractivity contribution in [1.82, 2.24) is 0 Å². The molecule has 0 aromatic carbocycles. The van der Waals surface area contributed by atoms with Crippen molar-refractivity contribution in [1.29, 1.82) is 0 Å². The van der Waals surface area contributed by atoms with E-state index in [9.17, 15) is 4.57 Å². The van der Waals surface area contributed by atoms with Gasteiger partial charge >= 0.3 is 7.82 Å². The lowest BCUT2D eigenvalue weighted by Crippen LogP contribution is -2.03. The second-order valence-electron chi connectivity index (χ2n) is 1.77. The van der Waals surface area contributed by atoms with Crippen LogP contribution in [0.4, 0.5) is 0 Å². The third-order valence-corrected chi connectivity index (χ3v) is 2.41. The molecule has 0 saturated heterocycles. The van der Waals surface area contributed by atoms with Gasteiger partial charge in [0.15, 0.2) is 0 Å². The minimum Gasteiger partial charge on any atom is -0.302 e. The highest BCUT2D eigenvalue weighted by Gasteiger charge is 2.25. The molecule has 0 aliphatic carbocycles. The molecule has 0 aromatic rings. The van der Waals surface area contributed by atoms with E-state index in [0.29, 0.717) is 0 Å². The van der Waals surface area contributed by atoms with Gasteiger partial charge in [0.2, 0.25) is 0 Å². The van der Waals surface area contributed by atoms with Crippen molar-refractivity contribution in [2.24, 2.45) is 0 Å². The minimum atomic E-state index is -3.98. The van der Waals surface area contributed by atoms with Crippen LogP contribution in [0.2, 0.25) is 0 Å². The van der Waals surface area contributed by atoms with E-state index < -0.39 is 18.4 Å². The molecule has 0 amide bonds. The molecule has 0 radical (unpaired) electrons. The van der Waals surface area contributed by atoms with E-state index in [2.05, 4.69) is 25.0 Å². The Morgan fingerprint density at radius 1 is 1.55 bits per heavy atom. The molecule has 3 unspecified atom stereocenters. The summed E-state index contributed by atoms with van der Waals surface area (Å²) in [7, 11) is -3.98. The molecule has 0 aliphatic rings. The zero-order valence-electron chi connectivity index (χ0n) is 6.03. The summed E-state index contributed by atoms with van der Waals surface area (Å²) in [6, 6.07) is 0. The lowest BCUT2D eigenvalue weighted by molar-refractivity contribution is 0.140. The van der Waals surface area contributed by atoms with Crippen LogP contribution in [0.25, 0.3) is 0 Å². The Labute approximate surface area is 78.6 Å². The maximum absolute atomic E-state index is 10.8. The number of halogens is 2. The van der Waals surface area contributed by atoms with Crippen LogP contribution in [-0.2, 0) is 13.6 Å². The van der Waals surface area contributed by atoms with Gasteiger partial charge in [-0.2, -0.15) is 0 Å². The van der Waals surface area contributed by atoms with Gasteiger partial charge in [-0.3, -0.25) is 9.05 Å². The van der Waals surface area contributed by atoms with Crippen LogP contribution < -0.4 is 0 Å². The summed E-state index contributed by atoms with van der Waals surface area (Å²) in [5.74, 6) is 0. The van der Waals surface area contributed by atoms with E-state index in [-0.39, 0.29) is 0 Å². The smallest absolute Gasteiger partial charge is 0.302 e. The van der Waals surface area contributed by atoms with E-state index in [1.165, 1.54) is 6.92 Å². The predicted octanol–water partition coefficient (Wildman–Crippen LogP) is 2.45. The SMILES string of the molecule is CC(Cl)OP(=O)(O)OC(C)Br. The van der Waals surface area contributed by atoms with Gasteiger partial charge in [0.1, 0.15) is 10.6 Å². The summed E-state index contributed by atoms with van der Waals surface area (Å²) in [5.41, 5.74) is -0.850. The fraction of sp³-hybridized carbons (Fsp3) is 1.00. The van der Waals surface area contributed by atoms with Crippen LogP contribution in [0, 0.1) is 0 Å². The molecule has 0 saturated carbocycles. The summed E-state index contributed by atoms with van der Waals surface area (Å²) in [6.07, 6.45) is 0. The second-order valence-corrected chi connectivity index (χ2v) is 5.03. The Kier molecular flexibility index (Phi) is 5.18. The highest BCUT2D eigenvalue weighted by Crippen LogP contribution is 2.47. The van der Waals surface area contributed by atoms with Gasteiger partial charge in [0, 0.05) is 0 Å². The molecular formula is C4H9BrClO4P. The molecule has 0 bridgehead atoms. The van der Waals surface area contributed by atoms with Crippen molar-refractivity contribution < 1.29 is 18.5 Å². The Hall–Kier alpha value is 0.880. The van der Waals surface area contributed by atoms with Gasteiger partial charge in [0.05, 0.1) is 0 Å². The van der Waals surface area contributed by atoms with Crippen molar-refractivity contribution in [2.45, 2.75) is 24.4 Å². The first-order chi connectivity index (χ1) is 4.83. The maximum Gasteiger partial charge on any atom is 0.474 e. The molecule has 0 rings (SSSR count). The number of hydrogen-bond acceptors (Lipinski definition) is 3. The Morgan fingerprint density at radius 3 is 2.27 bits per heavy atom. The van der Waals surface area contributed by atoms with Gasteiger partial charge in [-0.25, -0.2) is 4.57 Å². The van der Waals surface area contributed by atoms with E-state index in [4.69, 9.17) is 16.5 Å². The Bertz CT molecular complexity index is 148. The zero-order valence-corrected chi connectivity index (χ0v) is 9.27. The second kappa shape index (κ2) is 4.80. The van der Waals surface area contributed by atoms with Gasteiger partial charge in [0.25, 0.3) is 0 Å². The standard InChI is InChI=1S/C4H9BrClO4P/c1-3(5)9-11(7,8)10-4(2)6/h3-4H,1-2H3,(H,7,8). The molecule has 0 aliphatic heterocycles. The summed E-state index contributed by atoms with van der Waals surface area (Å²) < 4.78 is 19.7. The summed E-state index contributed by atoms with van der Waals surface area (Å²) >= 11 is 8.22. The largest absolute Gasteiger partial charge is 0.474 e. The number of rotatable bonds is 4. The molecule has 0 heterocycles. The van der Waals surface area contributed by atoms with Crippen LogP contribution in [-0.4, -0.2) is 15.5 Å². The van der Waals surface area contributed by atoms with Crippen LogP contribution >= 0.6 is 35.4 Å². The average molecular weight is 267 g/mol. The molecule has 7 heteroatoms. The predicted molar refractivity (Wildman–Crippen MR) is 45.7 cm³/mol. The zero-order chi connectivity index (χ0) is 9.07. The maximum atomic E-state index is 10.8. The van der Waals surface area contributed by atoms with Crippen LogP contribution in [0.5, 0.6) is 0 Å². The van der Waals surface area contributed by atoms with E-state index in [1.54, 1.807) is 6.92 Å². The monoisotopic (exact) mass is 266 g/mol. The number of alkyl halides is 2. The normalized spacial score (nSPS) is 22.3. The quantitative estimate of drug-likeness (QED) is 0.628. The lowest BCUT2D eigenvalue weighted by Gasteiger charge is -2.14. The molecule has 0 spiro atoms. The summed E-state index contributed by atoms with van der Waals surface area (Å²) in [4.78, 5) is 8.85. The molecular weight excluding hydrogens is 258 g/mol. The molecule has 11 heavy (non-hydrogen) atoms. The van der Waals surface area contributed by atoms with Gasteiger partial charge in [-0.15, -0.1) is 0 Å². The van der Waals surface area contributed by atoms with Crippen molar-refractivity contribution in [3.05, 3.63) is 0 Å². The Balaban J connectivity index is 3.91. The van der Waals surface area contributed by atoms with Crippen molar-refractivity contribution in [2.75, 3.05) is 0 Å². The molecule has 68 valence electrons. The number of hydrogen-bond donors (Lipinski definition) is 1. The van der Waals surface area contributed by atoms with Crippen LogP contribution in [0.1, 0.15) is 13.8 Å². The molecule has 1 N–H and O–H groups in total. The van der Waals surface area contributed by atoms with Gasteiger partial charge in [-0.05, 0) is 13.8 Å². The minimum absolute atomic E-state index is 0.547. The van der Waals surface area contributed by atoms with E-state index in [0.717, 1.165) is 0 Å². The van der Waals surface area contributed by atoms with E-state index in [1.807, 2.05) is 0 Å². The van der Waals surface area contributed by atoms with Crippen molar-refractivity contribution >= 4 is 35.4 Å². The number of phosphoric acid groups is 1. The topological polar surface area (TPSA) is 55.8 Å². The molecule has 0 aromatic heterocycles. The highest BCUT2D eigenvalue weighted by atomic mass is 79.9. The summed E-state index contributed by atoms with van der Waals surface area (Å²) in [6.45, 7) is 2.97. The lowest BCUT2D eigenvalue weighted by atomic mass is 10.9. The first-order valence-corrected chi connectivity index (χ1v) is 5.66. The fourth-order valence-corrected chi connectivity index (χ4v) is 2.11. The third-order valence-electron chi connectivity index (χ3n) is 0.557. The van der Waals surface area contributed by atoms with Crippen molar-refractivity contribution in [3.8, 4) is 0 Å².